The van der Waals surface area contributed by atoms with Crippen LogP contribution in [0.5, 0.6) is 0 Å². The Bertz CT molecular complexity index is 420. The maximum atomic E-state index is 10.4. The van der Waals surface area contributed by atoms with Crippen LogP contribution >= 0.6 is 23.1 Å². The van der Waals surface area contributed by atoms with Gasteiger partial charge in [0.1, 0.15) is 0 Å². The summed E-state index contributed by atoms with van der Waals surface area (Å²) in [5, 5.41) is 8.58. The summed E-state index contributed by atoms with van der Waals surface area (Å²) in [6, 6.07) is 4.09. The summed E-state index contributed by atoms with van der Waals surface area (Å²) >= 11 is 3.71. The largest absolute Gasteiger partial charge is 0.478 e. The van der Waals surface area contributed by atoms with E-state index in [1.54, 1.807) is 17.4 Å². The monoisotopic (exact) mass is 283 g/mol. The van der Waals surface area contributed by atoms with Crippen LogP contribution in [0.4, 0.5) is 0 Å². The van der Waals surface area contributed by atoms with E-state index in [4.69, 9.17) is 5.11 Å². The van der Waals surface area contributed by atoms with Gasteiger partial charge in [0.05, 0.1) is 0 Å². The molecule has 1 aromatic rings. The molecule has 0 saturated carbocycles. The van der Waals surface area contributed by atoms with E-state index >= 15 is 0 Å². The minimum atomic E-state index is -0.894. The molecule has 0 aliphatic carbocycles. The fraction of sp³-hybridized carbons (Fsp3) is 0.462. The Morgan fingerprint density at radius 2 is 2.28 bits per heavy atom. The van der Waals surface area contributed by atoms with Gasteiger partial charge < -0.3 is 5.11 Å². The average molecular weight is 283 g/mol. The van der Waals surface area contributed by atoms with Crippen molar-refractivity contribution in [1.82, 2.24) is 4.90 Å². The number of rotatable bonds is 4. The van der Waals surface area contributed by atoms with Crippen LogP contribution in [0.3, 0.4) is 0 Å². The number of hydrogen-bond donors (Lipinski definition) is 1. The van der Waals surface area contributed by atoms with Crippen LogP contribution in [0.1, 0.15) is 16.2 Å². The molecular formula is C13H17NO2S2. The van der Waals surface area contributed by atoms with Crippen molar-refractivity contribution in [2.24, 2.45) is 0 Å². The molecule has 0 amide bonds. The maximum Gasteiger partial charge on any atom is 0.328 e. The van der Waals surface area contributed by atoms with E-state index in [2.05, 4.69) is 11.0 Å². The number of carboxylic acid groups (broad SMARTS) is 1. The molecule has 18 heavy (non-hydrogen) atoms. The Kier molecular flexibility index (Phi) is 5.28. The number of nitrogens with zero attached hydrogens (tertiary/aromatic N) is 1. The number of hydrogen-bond acceptors (Lipinski definition) is 4. The van der Waals surface area contributed by atoms with Crippen LogP contribution in [0.15, 0.2) is 18.2 Å². The van der Waals surface area contributed by atoms with Gasteiger partial charge in [0.15, 0.2) is 0 Å². The van der Waals surface area contributed by atoms with E-state index in [9.17, 15) is 4.79 Å². The summed E-state index contributed by atoms with van der Waals surface area (Å²) in [6.45, 7) is 3.32. The highest BCUT2D eigenvalue weighted by Crippen LogP contribution is 2.21. The average Bonchev–Trinajstić information content (AvgIpc) is 2.62. The highest BCUT2D eigenvalue weighted by atomic mass is 32.2. The van der Waals surface area contributed by atoms with Crippen molar-refractivity contribution in [3.05, 3.63) is 28.0 Å². The van der Waals surface area contributed by atoms with Crippen LogP contribution in [-0.4, -0.2) is 40.6 Å². The van der Waals surface area contributed by atoms with Gasteiger partial charge >= 0.3 is 5.97 Å². The van der Waals surface area contributed by atoms with E-state index in [0.717, 1.165) is 18.0 Å². The predicted octanol–water partition coefficient (Wildman–Crippen LogP) is 2.78. The summed E-state index contributed by atoms with van der Waals surface area (Å²) in [4.78, 5) is 15.2. The molecule has 1 fully saturated rings. The standard InChI is InChI=1S/C13H17NO2S2/c15-13(16)5-4-11-2-3-12(18-11)10-14-6-1-8-17-9-7-14/h2-5H,1,6-10H2,(H,15,16). The highest BCUT2D eigenvalue weighted by Gasteiger charge is 2.10. The van der Waals surface area contributed by atoms with Crippen LogP contribution < -0.4 is 0 Å². The van der Waals surface area contributed by atoms with Crippen molar-refractivity contribution < 1.29 is 9.90 Å². The van der Waals surface area contributed by atoms with Crippen LogP contribution in [0.25, 0.3) is 6.08 Å². The molecule has 1 N–H and O–H groups in total. The summed E-state index contributed by atoms with van der Waals surface area (Å²) < 4.78 is 0. The van der Waals surface area contributed by atoms with Crippen LogP contribution in [0.2, 0.25) is 0 Å². The number of carbonyl (C=O) groups is 1. The first kappa shape index (κ1) is 13.6. The lowest BCUT2D eigenvalue weighted by atomic mass is 10.3. The molecule has 1 aliphatic rings. The molecule has 0 atom stereocenters. The van der Waals surface area contributed by atoms with E-state index in [0.29, 0.717) is 0 Å². The third-order valence-electron chi connectivity index (χ3n) is 2.77. The Labute approximate surface area is 115 Å². The SMILES string of the molecule is O=C(O)C=Cc1ccc(CN2CCCSCC2)s1. The summed E-state index contributed by atoms with van der Waals surface area (Å²) in [5.41, 5.74) is 0. The first-order valence-corrected chi connectivity index (χ1v) is 8.01. The topological polar surface area (TPSA) is 40.5 Å². The van der Waals surface area contributed by atoms with Gasteiger partial charge in [-0.3, -0.25) is 4.90 Å². The maximum absolute atomic E-state index is 10.4. The van der Waals surface area contributed by atoms with Gasteiger partial charge in [0.2, 0.25) is 0 Å². The van der Waals surface area contributed by atoms with Gasteiger partial charge in [0.25, 0.3) is 0 Å². The lowest BCUT2D eigenvalue weighted by Gasteiger charge is -2.17. The molecule has 3 nitrogen and oxygen atoms in total. The zero-order valence-electron chi connectivity index (χ0n) is 10.2. The van der Waals surface area contributed by atoms with E-state index in [1.165, 1.54) is 35.4 Å². The Balaban J connectivity index is 1.91. The second-order valence-corrected chi connectivity index (χ2v) is 6.64. The molecule has 0 radical (unpaired) electrons. The molecule has 5 heteroatoms. The predicted molar refractivity (Wildman–Crippen MR) is 78.2 cm³/mol. The third kappa shape index (κ3) is 4.48. The van der Waals surface area contributed by atoms with Gasteiger partial charge in [-0.05, 0) is 36.9 Å². The fourth-order valence-electron chi connectivity index (χ4n) is 1.90. The van der Waals surface area contributed by atoms with Crippen molar-refractivity contribution in [1.29, 1.82) is 0 Å². The molecule has 98 valence electrons. The molecule has 1 aromatic heterocycles. The second-order valence-electron chi connectivity index (χ2n) is 4.22. The molecule has 0 spiro atoms. The van der Waals surface area contributed by atoms with Crippen molar-refractivity contribution >= 4 is 35.1 Å². The zero-order valence-corrected chi connectivity index (χ0v) is 11.8. The van der Waals surface area contributed by atoms with Crippen LogP contribution in [0, 0.1) is 0 Å². The van der Waals surface area contributed by atoms with Crippen LogP contribution in [-0.2, 0) is 11.3 Å². The lowest BCUT2D eigenvalue weighted by Crippen LogP contribution is -2.24. The van der Waals surface area contributed by atoms with Gasteiger partial charge in [-0.1, -0.05) is 0 Å². The normalized spacial score (nSPS) is 18.0. The number of carboxylic acids is 1. The van der Waals surface area contributed by atoms with Gasteiger partial charge in [-0.2, -0.15) is 11.8 Å². The lowest BCUT2D eigenvalue weighted by molar-refractivity contribution is -0.131. The van der Waals surface area contributed by atoms with Gasteiger partial charge in [-0.25, -0.2) is 4.79 Å². The van der Waals surface area contributed by atoms with Crippen molar-refractivity contribution in [3.63, 3.8) is 0 Å². The van der Waals surface area contributed by atoms with E-state index < -0.39 is 5.97 Å². The zero-order chi connectivity index (χ0) is 12.8. The summed E-state index contributed by atoms with van der Waals surface area (Å²) in [5.74, 6) is 1.60. The molecule has 2 heterocycles. The first-order valence-electron chi connectivity index (χ1n) is 6.04. The van der Waals surface area contributed by atoms with Crippen molar-refractivity contribution in [2.75, 3.05) is 24.6 Å². The quantitative estimate of drug-likeness (QED) is 0.863. The molecule has 0 aromatic carbocycles. The summed E-state index contributed by atoms with van der Waals surface area (Å²) in [7, 11) is 0. The molecule has 1 saturated heterocycles. The minimum absolute atomic E-state index is 0.894. The Hall–Kier alpha value is -0.780. The number of thioether (sulfide) groups is 1. The first-order chi connectivity index (χ1) is 8.74. The van der Waals surface area contributed by atoms with Crippen molar-refractivity contribution in [2.45, 2.75) is 13.0 Å². The summed E-state index contributed by atoms with van der Waals surface area (Å²) in [6.07, 6.45) is 4.12. The molecule has 1 aliphatic heterocycles. The Morgan fingerprint density at radius 1 is 1.39 bits per heavy atom. The minimum Gasteiger partial charge on any atom is -0.478 e. The van der Waals surface area contributed by atoms with Gasteiger partial charge in [0, 0.05) is 34.7 Å². The molecule has 2 rings (SSSR count). The van der Waals surface area contributed by atoms with E-state index in [-0.39, 0.29) is 0 Å². The highest BCUT2D eigenvalue weighted by molar-refractivity contribution is 7.99. The van der Waals surface area contributed by atoms with Gasteiger partial charge in [-0.15, -0.1) is 11.3 Å². The second kappa shape index (κ2) is 6.97. The molecular weight excluding hydrogens is 266 g/mol. The molecule has 0 bridgehead atoms. The number of thiophene rings is 1. The smallest absolute Gasteiger partial charge is 0.328 e. The molecule has 0 unspecified atom stereocenters. The Morgan fingerprint density at radius 3 is 3.11 bits per heavy atom. The van der Waals surface area contributed by atoms with Crippen molar-refractivity contribution in [3.8, 4) is 0 Å². The number of aliphatic carboxylic acids is 1. The fourth-order valence-corrected chi connectivity index (χ4v) is 3.78. The van der Waals surface area contributed by atoms with E-state index in [1.807, 2.05) is 17.8 Å². The third-order valence-corrected chi connectivity index (χ3v) is 4.85.